The van der Waals surface area contributed by atoms with Crippen LogP contribution in [0.15, 0.2) is 60.7 Å². The lowest BCUT2D eigenvalue weighted by atomic mass is 9.66. The highest BCUT2D eigenvalue weighted by molar-refractivity contribution is 5.99. The summed E-state index contributed by atoms with van der Waals surface area (Å²) in [4.78, 5) is 44.1. The third-order valence-electron chi connectivity index (χ3n) is 9.92. The normalized spacial score (nSPS) is 31.6. The number of fused-ring (bicyclic) bond motifs is 1. The zero-order chi connectivity index (χ0) is 28.6. The molecule has 1 saturated carbocycles. The van der Waals surface area contributed by atoms with Crippen molar-refractivity contribution >= 4 is 17.7 Å². The Hall–Kier alpha value is -3.23. The van der Waals surface area contributed by atoms with E-state index in [0.29, 0.717) is 25.8 Å². The molecule has 2 aromatic rings. The van der Waals surface area contributed by atoms with Gasteiger partial charge in [0.15, 0.2) is 0 Å². The molecule has 6 rings (SSSR count). The van der Waals surface area contributed by atoms with Crippen LogP contribution in [-0.2, 0) is 32.1 Å². The van der Waals surface area contributed by atoms with E-state index >= 15 is 0 Å². The van der Waals surface area contributed by atoms with Crippen LogP contribution in [0, 0.1) is 11.8 Å². The van der Waals surface area contributed by atoms with Crippen LogP contribution in [-0.4, -0.2) is 63.7 Å². The quantitative estimate of drug-likeness (QED) is 0.438. The van der Waals surface area contributed by atoms with Gasteiger partial charge in [-0.1, -0.05) is 79.9 Å². The van der Waals surface area contributed by atoms with Gasteiger partial charge in [0.2, 0.25) is 17.7 Å². The van der Waals surface area contributed by atoms with Gasteiger partial charge in [-0.2, -0.15) is 0 Å². The number of carbonyl (C=O) groups is 3. The standard InChI is InChI=1S/C33H41N3O5/c1-32-17-18-33(41-32)27(26(32)29(38)34-20-23-13-7-3-8-14-23)31(40)36(25(21-37)19-22-11-5-2-6-12-22)28(33)30(39)35-24-15-9-4-10-16-24/h2-3,5-8,11-14,24-28,37H,4,9-10,15-21H2,1H3,(H,34,38)(H,35,39)/t25-,26+,27+,28?,32-,33?/m1/s1. The molecule has 3 aliphatic heterocycles. The highest BCUT2D eigenvalue weighted by Crippen LogP contribution is 2.63. The number of nitrogens with one attached hydrogen (secondary N) is 2. The minimum Gasteiger partial charge on any atom is -0.394 e. The maximum absolute atomic E-state index is 14.5. The third kappa shape index (κ3) is 4.95. The second-order valence-corrected chi connectivity index (χ2v) is 12.5. The molecule has 8 nitrogen and oxygen atoms in total. The molecule has 1 spiro atoms. The van der Waals surface area contributed by atoms with E-state index in [1.807, 2.05) is 67.6 Å². The van der Waals surface area contributed by atoms with Crippen molar-refractivity contribution in [3.63, 3.8) is 0 Å². The summed E-state index contributed by atoms with van der Waals surface area (Å²) in [5.41, 5.74) is -0.0134. The molecule has 3 saturated heterocycles. The Morgan fingerprint density at radius 2 is 1.63 bits per heavy atom. The van der Waals surface area contributed by atoms with Crippen molar-refractivity contribution in [3.05, 3.63) is 71.8 Å². The largest absolute Gasteiger partial charge is 0.394 e. The first-order valence-corrected chi connectivity index (χ1v) is 15.2. The first-order chi connectivity index (χ1) is 19.9. The van der Waals surface area contributed by atoms with Gasteiger partial charge in [0.05, 0.1) is 30.1 Å². The fraction of sp³-hybridized carbons (Fsp3) is 0.545. The van der Waals surface area contributed by atoms with Crippen LogP contribution in [0.3, 0.4) is 0 Å². The molecule has 4 fully saturated rings. The van der Waals surface area contributed by atoms with Gasteiger partial charge in [-0.15, -0.1) is 0 Å². The summed E-state index contributed by atoms with van der Waals surface area (Å²) in [5.74, 6) is -2.24. The van der Waals surface area contributed by atoms with Crippen LogP contribution < -0.4 is 10.6 Å². The van der Waals surface area contributed by atoms with Crippen LogP contribution >= 0.6 is 0 Å². The van der Waals surface area contributed by atoms with E-state index in [9.17, 15) is 19.5 Å². The summed E-state index contributed by atoms with van der Waals surface area (Å²) in [5, 5.41) is 16.9. The van der Waals surface area contributed by atoms with E-state index in [4.69, 9.17) is 4.74 Å². The predicted molar refractivity (Wildman–Crippen MR) is 153 cm³/mol. The molecular formula is C33H41N3O5. The fourth-order valence-electron chi connectivity index (χ4n) is 8.02. The highest BCUT2D eigenvalue weighted by atomic mass is 16.5. The summed E-state index contributed by atoms with van der Waals surface area (Å²) < 4.78 is 6.76. The van der Waals surface area contributed by atoms with Gasteiger partial charge in [0.1, 0.15) is 11.6 Å². The van der Waals surface area contributed by atoms with Crippen molar-refractivity contribution in [2.24, 2.45) is 11.8 Å². The predicted octanol–water partition coefficient (Wildman–Crippen LogP) is 3.12. The molecule has 2 aromatic carbocycles. The zero-order valence-corrected chi connectivity index (χ0v) is 23.8. The molecule has 0 radical (unpaired) electrons. The van der Waals surface area contributed by atoms with E-state index in [-0.39, 0.29) is 30.4 Å². The minimum atomic E-state index is -1.11. The van der Waals surface area contributed by atoms with Gasteiger partial charge in [0.25, 0.3) is 0 Å². The van der Waals surface area contributed by atoms with Gasteiger partial charge < -0.3 is 25.4 Å². The van der Waals surface area contributed by atoms with Crippen molar-refractivity contribution < 1.29 is 24.2 Å². The fourth-order valence-corrected chi connectivity index (χ4v) is 8.02. The van der Waals surface area contributed by atoms with Crippen LogP contribution in [0.4, 0.5) is 0 Å². The number of ether oxygens (including phenoxy) is 1. The number of hydrogen-bond acceptors (Lipinski definition) is 5. The topological polar surface area (TPSA) is 108 Å². The molecular weight excluding hydrogens is 518 g/mol. The molecule has 2 unspecified atom stereocenters. The lowest BCUT2D eigenvalue weighted by Gasteiger charge is -2.38. The molecule has 1 aliphatic carbocycles. The number of rotatable bonds is 9. The molecule has 218 valence electrons. The Morgan fingerprint density at radius 3 is 2.29 bits per heavy atom. The Bertz CT molecular complexity index is 1270. The number of amides is 3. The molecule has 4 aliphatic rings. The number of carbonyl (C=O) groups excluding carboxylic acids is 3. The Kier molecular flexibility index (Phi) is 7.64. The third-order valence-corrected chi connectivity index (χ3v) is 9.92. The Morgan fingerprint density at radius 1 is 0.976 bits per heavy atom. The molecule has 41 heavy (non-hydrogen) atoms. The molecule has 8 heteroatoms. The highest BCUT2D eigenvalue weighted by Gasteiger charge is 2.78. The molecule has 0 aromatic heterocycles. The van der Waals surface area contributed by atoms with Gasteiger partial charge in [-0.25, -0.2) is 0 Å². The van der Waals surface area contributed by atoms with Gasteiger partial charge in [-0.3, -0.25) is 14.4 Å². The van der Waals surface area contributed by atoms with Gasteiger partial charge in [0, 0.05) is 12.6 Å². The van der Waals surface area contributed by atoms with E-state index in [2.05, 4.69) is 10.6 Å². The van der Waals surface area contributed by atoms with Gasteiger partial charge in [-0.05, 0) is 50.2 Å². The van der Waals surface area contributed by atoms with Crippen LogP contribution in [0.1, 0.15) is 63.0 Å². The molecule has 3 heterocycles. The van der Waals surface area contributed by atoms with Crippen molar-refractivity contribution in [1.29, 1.82) is 0 Å². The van der Waals surface area contributed by atoms with Crippen molar-refractivity contribution in [2.75, 3.05) is 6.61 Å². The maximum atomic E-state index is 14.5. The first-order valence-electron chi connectivity index (χ1n) is 15.2. The number of aliphatic hydroxyl groups excluding tert-OH is 1. The summed E-state index contributed by atoms with van der Waals surface area (Å²) in [6, 6.07) is 17.9. The number of benzene rings is 2. The summed E-state index contributed by atoms with van der Waals surface area (Å²) in [6.45, 7) is 1.97. The second-order valence-electron chi connectivity index (χ2n) is 12.5. The van der Waals surface area contributed by atoms with E-state index in [0.717, 1.165) is 43.2 Å². The molecule has 2 bridgehead atoms. The zero-order valence-electron chi connectivity index (χ0n) is 23.8. The van der Waals surface area contributed by atoms with E-state index in [1.54, 1.807) is 4.90 Å². The summed E-state index contributed by atoms with van der Waals surface area (Å²) in [6.07, 6.45) is 6.64. The second kappa shape index (κ2) is 11.2. The average molecular weight is 560 g/mol. The molecule has 3 amide bonds. The first kappa shape index (κ1) is 27.9. The van der Waals surface area contributed by atoms with Crippen molar-refractivity contribution in [1.82, 2.24) is 15.5 Å². The lowest BCUT2D eigenvalue weighted by Crippen LogP contribution is -2.59. The Labute approximate surface area is 241 Å². The number of hydrogen-bond donors (Lipinski definition) is 3. The minimum absolute atomic E-state index is 0.0597. The van der Waals surface area contributed by atoms with E-state index in [1.165, 1.54) is 0 Å². The smallest absolute Gasteiger partial charge is 0.246 e. The molecule has 6 atom stereocenters. The van der Waals surface area contributed by atoms with Crippen LogP contribution in [0.25, 0.3) is 0 Å². The number of aliphatic hydroxyl groups is 1. The summed E-state index contributed by atoms with van der Waals surface area (Å²) >= 11 is 0. The van der Waals surface area contributed by atoms with Crippen LogP contribution in [0.5, 0.6) is 0 Å². The van der Waals surface area contributed by atoms with E-state index < -0.39 is 35.1 Å². The number of likely N-dealkylation sites (tertiary alicyclic amines) is 1. The lowest BCUT2D eigenvalue weighted by molar-refractivity contribution is -0.150. The van der Waals surface area contributed by atoms with Crippen molar-refractivity contribution in [3.8, 4) is 0 Å². The van der Waals surface area contributed by atoms with Crippen molar-refractivity contribution in [2.45, 2.75) is 94.2 Å². The molecule has 3 N–H and O–H groups in total. The Balaban J connectivity index is 1.33. The average Bonchev–Trinajstić information content (AvgIpc) is 3.57. The van der Waals surface area contributed by atoms with Gasteiger partial charge >= 0.3 is 0 Å². The number of nitrogens with zero attached hydrogens (tertiary/aromatic N) is 1. The SMILES string of the molecule is C[C@]12CCC3(O1)C(C(=O)NC1CCCCC1)N([C@@H](CO)Cc1ccccc1)C(=O)[C@@H]3[C@H]2C(=O)NCc1ccccc1. The maximum Gasteiger partial charge on any atom is 0.246 e. The van der Waals surface area contributed by atoms with Crippen LogP contribution in [0.2, 0.25) is 0 Å². The monoisotopic (exact) mass is 559 g/mol. The summed E-state index contributed by atoms with van der Waals surface area (Å²) in [7, 11) is 0.